The molecule has 2 rings (SSSR count). The second-order valence-corrected chi connectivity index (χ2v) is 6.46. The zero-order valence-electron chi connectivity index (χ0n) is 10.9. The Hall–Kier alpha value is -0.900. The van der Waals surface area contributed by atoms with E-state index in [4.69, 9.17) is 11.0 Å². The van der Waals surface area contributed by atoms with Crippen LogP contribution in [0, 0.1) is 11.3 Å². The minimum absolute atomic E-state index is 0.591. The Balaban J connectivity index is 2.27. The third kappa shape index (κ3) is 2.30. The topological polar surface area (TPSA) is 56.3 Å². The maximum absolute atomic E-state index is 9.08. The van der Waals surface area contributed by atoms with Crippen molar-refractivity contribution in [1.82, 2.24) is 4.90 Å². The second kappa shape index (κ2) is 5.39. The van der Waals surface area contributed by atoms with E-state index in [2.05, 4.69) is 30.0 Å². The summed E-state index contributed by atoms with van der Waals surface area (Å²) in [4.78, 5) is 6.33. The highest BCUT2D eigenvalue weighted by atomic mass is 32.2. The maximum Gasteiger partial charge on any atom is 0.131 e. The Bertz CT molecular complexity index is 475. The van der Waals surface area contributed by atoms with Gasteiger partial charge in [0.15, 0.2) is 0 Å². The van der Waals surface area contributed by atoms with E-state index in [1.165, 1.54) is 22.8 Å². The molecule has 1 aromatic heterocycles. The van der Waals surface area contributed by atoms with Crippen LogP contribution in [0.2, 0.25) is 0 Å². The van der Waals surface area contributed by atoms with Gasteiger partial charge in [0.2, 0.25) is 0 Å². The molecule has 0 amide bonds. The van der Waals surface area contributed by atoms with Gasteiger partial charge < -0.3 is 15.5 Å². The highest BCUT2D eigenvalue weighted by Gasteiger charge is 2.28. The lowest BCUT2D eigenvalue weighted by Crippen LogP contribution is -2.31. The van der Waals surface area contributed by atoms with Crippen LogP contribution in [0.3, 0.4) is 0 Å². The predicted molar refractivity (Wildman–Crippen MR) is 79.5 cm³/mol. The van der Waals surface area contributed by atoms with Gasteiger partial charge in [-0.15, -0.1) is 23.1 Å². The van der Waals surface area contributed by atoms with Crippen LogP contribution < -0.4 is 10.6 Å². The zero-order valence-corrected chi connectivity index (χ0v) is 12.6. The molecule has 0 aromatic carbocycles. The van der Waals surface area contributed by atoms with Gasteiger partial charge in [-0.25, -0.2) is 0 Å². The fourth-order valence-electron chi connectivity index (χ4n) is 2.25. The molecule has 0 saturated carbocycles. The number of hydrogen-bond donors (Lipinski definition) is 1. The molecule has 4 nitrogen and oxygen atoms in total. The van der Waals surface area contributed by atoms with Crippen molar-refractivity contribution in [3.63, 3.8) is 0 Å². The normalized spacial score (nSPS) is 19.5. The molecule has 0 spiro atoms. The predicted octanol–water partition coefficient (Wildman–Crippen LogP) is 2.06. The summed E-state index contributed by atoms with van der Waals surface area (Å²) in [6.45, 7) is 2.06. The lowest BCUT2D eigenvalue weighted by Gasteiger charge is -2.21. The van der Waals surface area contributed by atoms with Gasteiger partial charge in [0.25, 0.3) is 0 Å². The first-order valence-corrected chi connectivity index (χ1v) is 7.90. The van der Waals surface area contributed by atoms with Crippen LogP contribution in [0.15, 0.2) is 4.90 Å². The van der Waals surface area contributed by atoms with Crippen LogP contribution in [0.5, 0.6) is 0 Å². The summed E-state index contributed by atoms with van der Waals surface area (Å²) in [5.41, 5.74) is 6.67. The van der Waals surface area contributed by atoms with Crippen LogP contribution >= 0.6 is 23.1 Å². The van der Waals surface area contributed by atoms with E-state index in [0.717, 1.165) is 18.0 Å². The smallest absolute Gasteiger partial charge is 0.131 e. The maximum atomic E-state index is 9.08. The zero-order chi connectivity index (χ0) is 13.3. The molecular formula is C12H18N4S2. The number of nitrogens with two attached hydrogens (primary N) is 1. The summed E-state index contributed by atoms with van der Waals surface area (Å²) < 4.78 is 0. The van der Waals surface area contributed by atoms with Gasteiger partial charge in [-0.05, 0) is 26.8 Å². The Labute approximate surface area is 116 Å². The first-order valence-electron chi connectivity index (χ1n) is 5.86. The van der Waals surface area contributed by atoms with Crippen molar-refractivity contribution >= 4 is 33.8 Å². The lowest BCUT2D eigenvalue weighted by atomic mass is 10.2. The fraction of sp³-hybridized carbons (Fsp3) is 0.583. The molecule has 2 N–H and O–H groups in total. The molecule has 1 aliphatic rings. The van der Waals surface area contributed by atoms with Gasteiger partial charge in [-0.3, -0.25) is 0 Å². The number of rotatable bonds is 3. The van der Waals surface area contributed by atoms with Crippen LogP contribution in [-0.2, 0) is 0 Å². The van der Waals surface area contributed by atoms with E-state index < -0.39 is 0 Å². The number of nitriles is 1. The molecule has 0 aliphatic carbocycles. The monoisotopic (exact) mass is 282 g/mol. The number of nitrogens with zero attached hydrogens (tertiary/aromatic N) is 3. The molecule has 0 bridgehead atoms. The number of thiophene rings is 1. The molecule has 6 heteroatoms. The van der Waals surface area contributed by atoms with Crippen molar-refractivity contribution in [3.8, 4) is 6.07 Å². The van der Waals surface area contributed by atoms with Crippen molar-refractivity contribution in [2.45, 2.75) is 17.4 Å². The van der Waals surface area contributed by atoms with Crippen molar-refractivity contribution in [2.75, 3.05) is 44.1 Å². The Morgan fingerprint density at radius 3 is 2.78 bits per heavy atom. The highest BCUT2D eigenvalue weighted by Crippen LogP contribution is 2.44. The number of thioether (sulfide) groups is 1. The van der Waals surface area contributed by atoms with Gasteiger partial charge in [-0.1, -0.05) is 0 Å². The summed E-state index contributed by atoms with van der Waals surface area (Å²) in [7, 11) is 4.24. The molecule has 1 aliphatic heterocycles. The summed E-state index contributed by atoms with van der Waals surface area (Å²) in [6.07, 6.45) is 3.18. The number of likely N-dealkylation sites (N-methyl/N-ethyl adjacent to an activating group) is 1. The van der Waals surface area contributed by atoms with E-state index in [1.807, 2.05) is 6.26 Å². The molecule has 1 fully saturated rings. The average Bonchev–Trinajstić information content (AvgIpc) is 2.93. The molecule has 1 unspecified atom stereocenters. The largest absolute Gasteiger partial charge is 0.396 e. The van der Waals surface area contributed by atoms with Crippen LogP contribution in [-0.4, -0.2) is 44.4 Å². The molecule has 98 valence electrons. The standard InChI is InChI=1S/C12H18N4S2/c1-15(2)8-4-5-16(7-8)12-11(17-3)10(14)9(6-13)18-12/h8H,4-5,7,14H2,1-3H3. The summed E-state index contributed by atoms with van der Waals surface area (Å²) in [5.74, 6) is 0. The Kier molecular flexibility index (Phi) is 4.05. The second-order valence-electron chi connectivity index (χ2n) is 4.65. The molecule has 1 aromatic rings. The molecule has 18 heavy (non-hydrogen) atoms. The van der Waals surface area contributed by atoms with Gasteiger partial charge in [0.05, 0.1) is 10.6 Å². The summed E-state index contributed by atoms with van der Waals surface area (Å²) >= 11 is 3.16. The SMILES string of the molecule is CSc1c(N2CCC(N(C)C)C2)sc(C#N)c1N. The third-order valence-electron chi connectivity index (χ3n) is 3.37. The first kappa shape index (κ1) is 13.5. The minimum atomic E-state index is 0.591. The minimum Gasteiger partial charge on any atom is -0.396 e. The molecule has 0 radical (unpaired) electrons. The van der Waals surface area contributed by atoms with Crippen molar-refractivity contribution < 1.29 is 0 Å². The van der Waals surface area contributed by atoms with Gasteiger partial charge in [0, 0.05) is 19.1 Å². The van der Waals surface area contributed by atoms with Crippen molar-refractivity contribution in [2.24, 2.45) is 0 Å². The number of nitrogen functional groups attached to an aromatic ring is 1. The number of hydrogen-bond acceptors (Lipinski definition) is 6. The average molecular weight is 282 g/mol. The van der Waals surface area contributed by atoms with Crippen molar-refractivity contribution in [1.29, 1.82) is 5.26 Å². The molecule has 2 heterocycles. The van der Waals surface area contributed by atoms with Gasteiger partial charge in [0.1, 0.15) is 15.9 Å². The summed E-state index contributed by atoms with van der Waals surface area (Å²) in [5, 5.41) is 10.2. The van der Waals surface area contributed by atoms with E-state index in [-0.39, 0.29) is 0 Å². The van der Waals surface area contributed by atoms with Crippen LogP contribution in [0.4, 0.5) is 10.7 Å². The van der Waals surface area contributed by atoms with E-state index >= 15 is 0 Å². The van der Waals surface area contributed by atoms with E-state index in [9.17, 15) is 0 Å². The van der Waals surface area contributed by atoms with Gasteiger partial charge >= 0.3 is 0 Å². The molecule has 1 saturated heterocycles. The lowest BCUT2D eigenvalue weighted by molar-refractivity contribution is 0.315. The summed E-state index contributed by atoms with van der Waals surface area (Å²) in [6, 6.07) is 2.78. The molecular weight excluding hydrogens is 264 g/mol. The first-order chi connectivity index (χ1) is 8.58. The third-order valence-corrected chi connectivity index (χ3v) is 5.49. The Morgan fingerprint density at radius 1 is 1.56 bits per heavy atom. The van der Waals surface area contributed by atoms with E-state index in [0.29, 0.717) is 16.6 Å². The van der Waals surface area contributed by atoms with Gasteiger partial charge in [-0.2, -0.15) is 5.26 Å². The van der Waals surface area contributed by atoms with Crippen LogP contribution in [0.25, 0.3) is 0 Å². The van der Waals surface area contributed by atoms with Crippen LogP contribution in [0.1, 0.15) is 11.3 Å². The highest BCUT2D eigenvalue weighted by molar-refractivity contribution is 7.99. The Morgan fingerprint density at radius 2 is 2.28 bits per heavy atom. The van der Waals surface area contributed by atoms with E-state index in [1.54, 1.807) is 11.8 Å². The fourth-order valence-corrected chi connectivity index (χ4v) is 4.27. The quantitative estimate of drug-likeness (QED) is 0.860. The van der Waals surface area contributed by atoms with Crippen molar-refractivity contribution in [3.05, 3.63) is 4.88 Å². The molecule has 1 atom stereocenters. The number of anilines is 2.